The van der Waals surface area contributed by atoms with Gasteiger partial charge in [0.15, 0.2) is 0 Å². The van der Waals surface area contributed by atoms with Gasteiger partial charge in [0.05, 0.1) is 11.9 Å². The molecular formula is C11H14BrN3O. The van der Waals surface area contributed by atoms with Crippen molar-refractivity contribution in [3.05, 3.63) is 21.0 Å². The van der Waals surface area contributed by atoms with Gasteiger partial charge in [-0.15, -0.1) is 6.42 Å². The average molecular weight is 284 g/mol. The molecule has 86 valence electrons. The molecule has 0 saturated carbocycles. The summed E-state index contributed by atoms with van der Waals surface area (Å²) in [6.07, 6.45) is 6.74. The molecule has 1 rings (SSSR count). The van der Waals surface area contributed by atoms with Gasteiger partial charge in [0.2, 0.25) is 0 Å². The highest BCUT2D eigenvalue weighted by atomic mass is 79.9. The lowest BCUT2D eigenvalue weighted by atomic mass is 10.2. The zero-order valence-electron chi connectivity index (χ0n) is 9.33. The molecule has 0 aromatic carbocycles. The van der Waals surface area contributed by atoms with Crippen molar-refractivity contribution in [2.24, 2.45) is 5.92 Å². The van der Waals surface area contributed by atoms with Gasteiger partial charge in [0.1, 0.15) is 11.0 Å². The van der Waals surface area contributed by atoms with Crippen LogP contribution in [-0.4, -0.2) is 16.3 Å². The summed E-state index contributed by atoms with van der Waals surface area (Å²) in [4.78, 5) is 11.7. The summed E-state index contributed by atoms with van der Waals surface area (Å²) in [5.41, 5.74) is 0.485. The molecule has 1 aromatic rings. The van der Waals surface area contributed by atoms with Crippen molar-refractivity contribution in [3.8, 4) is 12.3 Å². The SMILES string of the molecule is C#CCn1ncc(NCC(C)C)c(Br)c1=O. The first-order valence-corrected chi connectivity index (χ1v) is 5.78. The first-order valence-electron chi connectivity index (χ1n) is 4.99. The number of rotatable bonds is 4. The number of aromatic nitrogens is 2. The smallest absolute Gasteiger partial charge is 0.284 e. The maximum Gasteiger partial charge on any atom is 0.284 e. The summed E-state index contributed by atoms with van der Waals surface area (Å²) in [6.45, 7) is 5.16. The van der Waals surface area contributed by atoms with Crippen LogP contribution in [0.3, 0.4) is 0 Å². The maximum absolute atomic E-state index is 11.7. The van der Waals surface area contributed by atoms with E-state index in [2.05, 4.69) is 46.1 Å². The Labute approximate surface area is 103 Å². The standard InChI is InChI=1S/C11H14BrN3O/c1-4-5-15-11(16)10(12)9(7-14-15)13-6-8(2)3/h1,7-8,13H,5-6H2,2-3H3. The zero-order valence-corrected chi connectivity index (χ0v) is 10.9. The van der Waals surface area contributed by atoms with E-state index in [0.29, 0.717) is 16.1 Å². The molecule has 1 aromatic heterocycles. The Bertz CT molecular complexity index is 459. The van der Waals surface area contributed by atoms with Gasteiger partial charge < -0.3 is 5.32 Å². The predicted molar refractivity (Wildman–Crippen MR) is 68.4 cm³/mol. The van der Waals surface area contributed by atoms with E-state index < -0.39 is 0 Å². The van der Waals surface area contributed by atoms with E-state index in [4.69, 9.17) is 6.42 Å². The molecule has 0 fully saturated rings. The molecule has 0 spiro atoms. The van der Waals surface area contributed by atoms with Crippen LogP contribution in [0.4, 0.5) is 5.69 Å². The van der Waals surface area contributed by atoms with Crippen molar-refractivity contribution in [1.82, 2.24) is 9.78 Å². The van der Waals surface area contributed by atoms with E-state index in [1.54, 1.807) is 6.20 Å². The highest BCUT2D eigenvalue weighted by Crippen LogP contribution is 2.16. The Morgan fingerprint density at radius 1 is 1.69 bits per heavy atom. The van der Waals surface area contributed by atoms with Gasteiger partial charge in [-0.2, -0.15) is 5.10 Å². The molecule has 5 heteroatoms. The van der Waals surface area contributed by atoms with Crippen LogP contribution in [0.15, 0.2) is 15.5 Å². The van der Waals surface area contributed by atoms with Gasteiger partial charge in [-0.1, -0.05) is 19.8 Å². The fourth-order valence-corrected chi connectivity index (χ4v) is 1.55. The molecule has 0 saturated heterocycles. The largest absolute Gasteiger partial charge is 0.382 e. The molecule has 16 heavy (non-hydrogen) atoms. The minimum absolute atomic E-state index is 0.182. The fourth-order valence-electron chi connectivity index (χ4n) is 1.10. The molecule has 0 aliphatic heterocycles. The third-order valence-electron chi connectivity index (χ3n) is 1.93. The van der Waals surface area contributed by atoms with Crippen LogP contribution in [0.1, 0.15) is 13.8 Å². The molecule has 0 atom stereocenters. The van der Waals surface area contributed by atoms with Crippen molar-refractivity contribution in [3.63, 3.8) is 0 Å². The molecule has 0 aliphatic carbocycles. The third kappa shape index (κ3) is 3.11. The molecule has 0 bridgehead atoms. The summed E-state index contributed by atoms with van der Waals surface area (Å²) in [5.74, 6) is 2.88. The molecule has 1 heterocycles. The van der Waals surface area contributed by atoms with E-state index >= 15 is 0 Å². The van der Waals surface area contributed by atoms with E-state index in [-0.39, 0.29) is 12.1 Å². The third-order valence-corrected chi connectivity index (χ3v) is 2.69. The zero-order chi connectivity index (χ0) is 12.1. The van der Waals surface area contributed by atoms with Crippen molar-refractivity contribution < 1.29 is 0 Å². The predicted octanol–water partition coefficient (Wildman–Crippen LogP) is 1.71. The van der Waals surface area contributed by atoms with Crippen LogP contribution in [0.25, 0.3) is 0 Å². The molecule has 0 aliphatic rings. The number of nitrogens with zero attached hydrogens (tertiary/aromatic N) is 2. The lowest BCUT2D eigenvalue weighted by molar-refractivity contribution is 0.654. The van der Waals surface area contributed by atoms with Gasteiger partial charge in [0, 0.05) is 6.54 Å². The summed E-state index contributed by atoms with van der Waals surface area (Å²) < 4.78 is 1.71. The Hall–Kier alpha value is -1.28. The molecule has 0 radical (unpaired) electrons. The summed E-state index contributed by atoms with van der Waals surface area (Å²) in [5, 5.41) is 7.12. The first kappa shape index (κ1) is 12.8. The van der Waals surface area contributed by atoms with Crippen molar-refractivity contribution >= 4 is 21.6 Å². The number of anilines is 1. The minimum Gasteiger partial charge on any atom is -0.382 e. The van der Waals surface area contributed by atoms with Gasteiger partial charge in [-0.05, 0) is 21.8 Å². The number of hydrogen-bond acceptors (Lipinski definition) is 3. The second-order valence-corrected chi connectivity index (χ2v) is 4.61. The summed E-state index contributed by atoms with van der Waals surface area (Å²) >= 11 is 3.25. The normalized spacial score (nSPS) is 10.2. The Morgan fingerprint density at radius 3 is 2.94 bits per heavy atom. The second-order valence-electron chi connectivity index (χ2n) is 3.81. The monoisotopic (exact) mass is 283 g/mol. The van der Waals surface area contributed by atoms with Crippen LogP contribution in [0, 0.1) is 18.3 Å². The van der Waals surface area contributed by atoms with E-state index in [1.807, 2.05) is 0 Å². The number of halogens is 1. The minimum atomic E-state index is -0.216. The molecule has 4 nitrogen and oxygen atoms in total. The van der Waals surface area contributed by atoms with Crippen molar-refractivity contribution in [1.29, 1.82) is 0 Å². The van der Waals surface area contributed by atoms with Gasteiger partial charge in [-0.25, -0.2) is 4.68 Å². The Morgan fingerprint density at radius 2 is 2.38 bits per heavy atom. The highest BCUT2D eigenvalue weighted by molar-refractivity contribution is 9.10. The second kappa shape index (κ2) is 5.71. The van der Waals surface area contributed by atoms with Gasteiger partial charge in [-0.3, -0.25) is 4.79 Å². The van der Waals surface area contributed by atoms with Crippen LogP contribution in [0.2, 0.25) is 0 Å². The van der Waals surface area contributed by atoms with Crippen molar-refractivity contribution in [2.75, 3.05) is 11.9 Å². The number of nitrogens with one attached hydrogen (secondary N) is 1. The average Bonchev–Trinajstić information content (AvgIpc) is 2.24. The quantitative estimate of drug-likeness (QED) is 0.856. The van der Waals surface area contributed by atoms with E-state index in [0.717, 1.165) is 6.54 Å². The molecule has 0 unspecified atom stereocenters. The molecule has 0 amide bonds. The fraction of sp³-hybridized carbons (Fsp3) is 0.455. The van der Waals surface area contributed by atoms with Gasteiger partial charge >= 0.3 is 0 Å². The summed E-state index contributed by atoms with van der Waals surface area (Å²) in [6, 6.07) is 0. The van der Waals surface area contributed by atoms with Crippen LogP contribution >= 0.6 is 15.9 Å². The lowest BCUT2D eigenvalue weighted by Gasteiger charge is -2.10. The van der Waals surface area contributed by atoms with Crippen molar-refractivity contribution in [2.45, 2.75) is 20.4 Å². The van der Waals surface area contributed by atoms with Crippen LogP contribution < -0.4 is 10.9 Å². The first-order chi connectivity index (χ1) is 7.56. The number of terminal acetylenes is 1. The highest BCUT2D eigenvalue weighted by Gasteiger charge is 2.07. The van der Waals surface area contributed by atoms with E-state index in [9.17, 15) is 4.79 Å². The summed E-state index contributed by atoms with van der Waals surface area (Å²) in [7, 11) is 0. The topological polar surface area (TPSA) is 46.9 Å². The maximum atomic E-state index is 11.7. The van der Waals surface area contributed by atoms with Crippen LogP contribution in [0.5, 0.6) is 0 Å². The Kier molecular flexibility index (Phi) is 4.56. The number of hydrogen-bond donors (Lipinski definition) is 1. The Balaban J connectivity index is 2.94. The molecular weight excluding hydrogens is 270 g/mol. The molecule has 1 N–H and O–H groups in total. The van der Waals surface area contributed by atoms with Crippen LogP contribution in [-0.2, 0) is 6.54 Å². The van der Waals surface area contributed by atoms with Gasteiger partial charge in [0.25, 0.3) is 5.56 Å². The van der Waals surface area contributed by atoms with E-state index in [1.165, 1.54) is 4.68 Å². The lowest BCUT2D eigenvalue weighted by Crippen LogP contribution is -2.24.